The monoisotopic (exact) mass is 234 g/mol. The zero-order chi connectivity index (χ0) is 12.8. The predicted octanol–water partition coefficient (Wildman–Crippen LogP) is -0.465. The van der Waals surface area contributed by atoms with Crippen molar-refractivity contribution in [2.75, 3.05) is 13.1 Å². The fourth-order valence-electron chi connectivity index (χ4n) is 1.23. The van der Waals surface area contributed by atoms with Crippen LogP contribution in [0.25, 0.3) is 0 Å². The summed E-state index contributed by atoms with van der Waals surface area (Å²) in [4.78, 5) is 37.3. The van der Waals surface area contributed by atoms with Crippen molar-refractivity contribution in [1.82, 2.24) is 9.88 Å². The Morgan fingerprint density at radius 3 is 2.76 bits per heavy atom. The molecule has 0 atom stereocenters. The van der Waals surface area contributed by atoms with Gasteiger partial charge < -0.3 is 15.0 Å². The first-order valence-electron chi connectivity index (χ1n) is 4.68. The van der Waals surface area contributed by atoms with Gasteiger partial charge in [0, 0.05) is 18.5 Å². The molecule has 0 bridgehead atoms. The minimum Gasteiger partial charge on any atom is -0.480 e. The highest BCUT2D eigenvalue weighted by Crippen LogP contribution is 1.98. The number of amides is 1. The molecule has 17 heavy (non-hydrogen) atoms. The summed E-state index contributed by atoms with van der Waals surface area (Å²) in [5.74, 6) is 0.278. The van der Waals surface area contributed by atoms with Crippen LogP contribution >= 0.6 is 0 Å². The molecule has 0 saturated heterocycles. The van der Waals surface area contributed by atoms with Crippen molar-refractivity contribution in [2.24, 2.45) is 0 Å². The second-order valence-electron chi connectivity index (χ2n) is 3.18. The van der Waals surface area contributed by atoms with Crippen LogP contribution < -0.4 is 5.43 Å². The summed E-state index contributed by atoms with van der Waals surface area (Å²) in [6.45, 7) is -0.711. The number of hydrogen-bond donors (Lipinski definition) is 2. The molecule has 0 aliphatic carbocycles. The molecule has 1 amide bonds. The maximum atomic E-state index is 11.8. The summed E-state index contributed by atoms with van der Waals surface area (Å²) in [6, 6.07) is 1.18. The lowest BCUT2D eigenvalue weighted by Crippen LogP contribution is -2.38. The minimum atomic E-state index is -1.19. The molecular formula is C11H10N2O4. The normalized spacial score (nSPS) is 9.35. The van der Waals surface area contributed by atoms with Gasteiger partial charge in [0.2, 0.25) is 0 Å². The molecule has 6 heteroatoms. The van der Waals surface area contributed by atoms with Crippen LogP contribution in [0.4, 0.5) is 0 Å². The summed E-state index contributed by atoms with van der Waals surface area (Å²) in [5.41, 5.74) is -0.620. The van der Waals surface area contributed by atoms with E-state index in [0.717, 1.165) is 4.90 Å². The minimum absolute atomic E-state index is 0.135. The van der Waals surface area contributed by atoms with Crippen molar-refractivity contribution in [3.63, 3.8) is 0 Å². The first kappa shape index (κ1) is 12.5. The maximum absolute atomic E-state index is 11.8. The summed E-state index contributed by atoms with van der Waals surface area (Å²) in [6.07, 6.45) is 7.63. The van der Waals surface area contributed by atoms with Gasteiger partial charge in [0.1, 0.15) is 12.1 Å². The standard InChI is InChI=1S/C11H10N2O4/c1-2-5-13(7-10(15)16)11(17)8-6-12-4-3-9(8)14/h1,3-4,6H,5,7H2,(H,12,14)(H,15,16). The van der Waals surface area contributed by atoms with E-state index in [0.29, 0.717) is 0 Å². The SMILES string of the molecule is C#CCN(CC(=O)O)C(=O)c1c[nH]ccc1=O. The van der Waals surface area contributed by atoms with E-state index in [1.165, 1.54) is 18.5 Å². The number of aromatic amines is 1. The third-order valence-electron chi connectivity index (χ3n) is 1.95. The van der Waals surface area contributed by atoms with Gasteiger partial charge in [0.05, 0.1) is 6.54 Å². The summed E-state index contributed by atoms with van der Waals surface area (Å²) < 4.78 is 0. The summed E-state index contributed by atoms with van der Waals surface area (Å²) >= 11 is 0. The molecule has 2 N–H and O–H groups in total. The number of carboxylic acids is 1. The number of H-pyrrole nitrogens is 1. The van der Waals surface area contributed by atoms with Crippen LogP contribution in [0.2, 0.25) is 0 Å². The van der Waals surface area contributed by atoms with Gasteiger partial charge in [-0.15, -0.1) is 6.42 Å². The number of nitrogens with one attached hydrogen (secondary N) is 1. The number of hydrogen-bond acceptors (Lipinski definition) is 3. The number of terminal acetylenes is 1. The lowest BCUT2D eigenvalue weighted by Gasteiger charge is -2.17. The van der Waals surface area contributed by atoms with Gasteiger partial charge in [-0.25, -0.2) is 0 Å². The van der Waals surface area contributed by atoms with Crippen LogP contribution in [-0.4, -0.2) is 40.0 Å². The third kappa shape index (κ3) is 3.21. The van der Waals surface area contributed by atoms with Gasteiger partial charge in [0.25, 0.3) is 5.91 Å². The Hall–Kier alpha value is -2.55. The average Bonchev–Trinajstić information content (AvgIpc) is 2.28. The average molecular weight is 234 g/mol. The van der Waals surface area contributed by atoms with Crippen molar-refractivity contribution < 1.29 is 14.7 Å². The second kappa shape index (κ2) is 5.51. The zero-order valence-corrected chi connectivity index (χ0v) is 8.84. The molecule has 1 aromatic heterocycles. The molecule has 6 nitrogen and oxygen atoms in total. The second-order valence-corrected chi connectivity index (χ2v) is 3.18. The van der Waals surface area contributed by atoms with E-state index < -0.39 is 23.9 Å². The van der Waals surface area contributed by atoms with Crippen molar-refractivity contribution in [3.05, 3.63) is 34.2 Å². The molecule has 0 radical (unpaired) electrons. The van der Waals surface area contributed by atoms with E-state index in [1.54, 1.807) is 0 Å². The largest absolute Gasteiger partial charge is 0.480 e. The van der Waals surface area contributed by atoms with E-state index in [4.69, 9.17) is 11.5 Å². The third-order valence-corrected chi connectivity index (χ3v) is 1.95. The molecule has 1 rings (SSSR count). The van der Waals surface area contributed by atoms with Crippen molar-refractivity contribution in [2.45, 2.75) is 0 Å². The number of aliphatic carboxylic acids is 1. The molecule has 0 saturated carbocycles. The number of pyridine rings is 1. The van der Waals surface area contributed by atoms with E-state index in [2.05, 4.69) is 10.9 Å². The van der Waals surface area contributed by atoms with Crippen LogP contribution in [0.1, 0.15) is 10.4 Å². The topological polar surface area (TPSA) is 90.5 Å². The highest BCUT2D eigenvalue weighted by molar-refractivity contribution is 5.95. The van der Waals surface area contributed by atoms with Gasteiger partial charge in [-0.05, 0) is 0 Å². The van der Waals surface area contributed by atoms with Crippen molar-refractivity contribution in [3.8, 4) is 12.3 Å². The van der Waals surface area contributed by atoms with Gasteiger partial charge in [-0.2, -0.15) is 0 Å². The predicted molar refractivity (Wildman–Crippen MR) is 59.4 cm³/mol. The van der Waals surface area contributed by atoms with E-state index in [-0.39, 0.29) is 12.1 Å². The van der Waals surface area contributed by atoms with E-state index in [9.17, 15) is 14.4 Å². The Balaban J connectivity index is 3.01. The number of rotatable bonds is 4. The van der Waals surface area contributed by atoms with Crippen molar-refractivity contribution in [1.29, 1.82) is 0 Å². The highest BCUT2D eigenvalue weighted by Gasteiger charge is 2.19. The molecular weight excluding hydrogens is 224 g/mol. The molecule has 0 unspecified atom stereocenters. The zero-order valence-electron chi connectivity index (χ0n) is 8.84. The highest BCUT2D eigenvalue weighted by atomic mass is 16.4. The lowest BCUT2D eigenvalue weighted by atomic mass is 10.2. The molecule has 0 aromatic carbocycles. The van der Waals surface area contributed by atoms with Crippen LogP contribution in [0.15, 0.2) is 23.3 Å². The Morgan fingerprint density at radius 1 is 1.53 bits per heavy atom. The van der Waals surface area contributed by atoms with Crippen LogP contribution in [0.3, 0.4) is 0 Å². The maximum Gasteiger partial charge on any atom is 0.323 e. The van der Waals surface area contributed by atoms with E-state index in [1.807, 2.05) is 0 Å². The summed E-state index contributed by atoms with van der Waals surface area (Å²) in [5, 5.41) is 8.63. The van der Waals surface area contributed by atoms with Gasteiger partial charge >= 0.3 is 5.97 Å². The number of carboxylic acid groups (broad SMARTS) is 1. The Morgan fingerprint density at radius 2 is 2.24 bits per heavy atom. The number of carbonyl (C=O) groups is 2. The molecule has 88 valence electrons. The van der Waals surface area contributed by atoms with Crippen LogP contribution in [0, 0.1) is 12.3 Å². The first-order chi connectivity index (χ1) is 8.06. The molecule has 0 fully saturated rings. The van der Waals surface area contributed by atoms with Gasteiger partial charge in [-0.1, -0.05) is 5.92 Å². The quantitative estimate of drug-likeness (QED) is 0.689. The van der Waals surface area contributed by atoms with Gasteiger partial charge in [-0.3, -0.25) is 14.4 Å². The van der Waals surface area contributed by atoms with E-state index >= 15 is 0 Å². The molecule has 0 spiro atoms. The molecule has 0 aliphatic heterocycles. The fraction of sp³-hybridized carbons (Fsp3) is 0.182. The smallest absolute Gasteiger partial charge is 0.323 e. The summed E-state index contributed by atoms with van der Waals surface area (Å²) in [7, 11) is 0. The molecule has 1 aromatic rings. The van der Waals surface area contributed by atoms with Gasteiger partial charge in [0.15, 0.2) is 5.43 Å². The Labute approximate surface area is 96.9 Å². The Kier molecular flexibility index (Phi) is 4.06. The first-order valence-corrected chi connectivity index (χ1v) is 4.68. The molecule has 0 aliphatic rings. The van der Waals surface area contributed by atoms with Crippen molar-refractivity contribution >= 4 is 11.9 Å². The lowest BCUT2D eigenvalue weighted by molar-refractivity contribution is -0.137. The number of aromatic nitrogens is 1. The number of carbonyl (C=O) groups excluding carboxylic acids is 1. The number of nitrogens with zero attached hydrogens (tertiary/aromatic N) is 1. The van der Waals surface area contributed by atoms with Crippen LogP contribution in [-0.2, 0) is 4.79 Å². The molecule has 1 heterocycles. The Bertz CT molecular complexity index is 527. The fourth-order valence-corrected chi connectivity index (χ4v) is 1.23. The van der Waals surface area contributed by atoms with Crippen LogP contribution in [0.5, 0.6) is 0 Å².